The zero-order chi connectivity index (χ0) is 15.3. The van der Waals surface area contributed by atoms with Crippen molar-refractivity contribution in [1.29, 1.82) is 0 Å². The summed E-state index contributed by atoms with van der Waals surface area (Å²) in [5.74, 6) is 0.793. The maximum Gasteiger partial charge on any atom is 0.121 e. The third-order valence-electron chi connectivity index (χ3n) is 3.05. The molecule has 0 saturated carbocycles. The summed E-state index contributed by atoms with van der Waals surface area (Å²) >= 11 is 5.93. The standard InChI is InChI=1S/C18H22ClNO/c1-18(2,3)20-12-14-7-9-15(10-8-14)13-21-17-6-4-5-16(19)11-17/h4-11,20H,12-13H2,1-3H3. The second-order valence-electron chi connectivity index (χ2n) is 6.17. The van der Waals surface area contributed by atoms with Gasteiger partial charge < -0.3 is 10.1 Å². The van der Waals surface area contributed by atoms with E-state index in [1.807, 2.05) is 24.3 Å². The van der Waals surface area contributed by atoms with E-state index in [2.05, 4.69) is 50.4 Å². The third-order valence-corrected chi connectivity index (χ3v) is 3.28. The average Bonchev–Trinajstić information content (AvgIpc) is 2.43. The van der Waals surface area contributed by atoms with Gasteiger partial charge in [0.25, 0.3) is 0 Å². The number of rotatable bonds is 5. The number of halogens is 1. The molecular weight excluding hydrogens is 282 g/mol. The number of ether oxygens (including phenoxy) is 1. The Morgan fingerprint density at radius 2 is 1.67 bits per heavy atom. The van der Waals surface area contributed by atoms with Gasteiger partial charge in [0.2, 0.25) is 0 Å². The van der Waals surface area contributed by atoms with Crippen LogP contribution in [0.3, 0.4) is 0 Å². The van der Waals surface area contributed by atoms with Crippen LogP contribution in [0.5, 0.6) is 5.75 Å². The van der Waals surface area contributed by atoms with Gasteiger partial charge in [0.15, 0.2) is 0 Å². The molecular formula is C18H22ClNO. The minimum Gasteiger partial charge on any atom is -0.489 e. The van der Waals surface area contributed by atoms with E-state index in [4.69, 9.17) is 16.3 Å². The molecule has 1 N–H and O–H groups in total. The Balaban J connectivity index is 1.87. The van der Waals surface area contributed by atoms with Gasteiger partial charge >= 0.3 is 0 Å². The van der Waals surface area contributed by atoms with Crippen molar-refractivity contribution in [1.82, 2.24) is 5.32 Å². The van der Waals surface area contributed by atoms with Gasteiger partial charge in [-0.1, -0.05) is 41.9 Å². The summed E-state index contributed by atoms with van der Waals surface area (Å²) in [6.45, 7) is 7.92. The molecule has 0 aliphatic carbocycles. The minimum absolute atomic E-state index is 0.133. The summed E-state index contributed by atoms with van der Waals surface area (Å²) in [6, 6.07) is 15.9. The molecule has 0 aromatic heterocycles. The van der Waals surface area contributed by atoms with E-state index in [1.165, 1.54) is 5.56 Å². The molecule has 21 heavy (non-hydrogen) atoms. The van der Waals surface area contributed by atoms with Crippen molar-refractivity contribution < 1.29 is 4.74 Å². The highest BCUT2D eigenvalue weighted by molar-refractivity contribution is 6.30. The summed E-state index contributed by atoms with van der Waals surface area (Å²) in [4.78, 5) is 0. The van der Waals surface area contributed by atoms with Gasteiger partial charge in [0.05, 0.1) is 0 Å². The van der Waals surface area contributed by atoms with Gasteiger partial charge in [-0.2, -0.15) is 0 Å². The summed E-state index contributed by atoms with van der Waals surface area (Å²) in [5.41, 5.74) is 2.56. The fraction of sp³-hybridized carbons (Fsp3) is 0.333. The van der Waals surface area contributed by atoms with Crippen molar-refractivity contribution in [2.24, 2.45) is 0 Å². The summed E-state index contributed by atoms with van der Waals surface area (Å²) in [7, 11) is 0. The molecule has 0 amide bonds. The fourth-order valence-electron chi connectivity index (χ4n) is 1.84. The van der Waals surface area contributed by atoms with E-state index in [-0.39, 0.29) is 5.54 Å². The first-order valence-electron chi connectivity index (χ1n) is 7.14. The molecule has 3 heteroatoms. The third kappa shape index (κ3) is 5.78. The van der Waals surface area contributed by atoms with Crippen LogP contribution in [0, 0.1) is 0 Å². The highest BCUT2D eigenvalue weighted by Gasteiger charge is 2.08. The first kappa shape index (κ1) is 15.9. The predicted octanol–water partition coefficient (Wildman–Crippen LogP) is 4.81. The molecule has 0 unspecified atom stereocenters. The Morgan fingerprint density at radius 3 is 2.29 bits per heavy atom. The fourth-order valence-corrected chi connectivity index (χ4v) is 2.02. The molecule has 2 aromatic rings. The number of hydrogen-bond acceptors (Lipinski definition) is 2. The van der Waals surface area contributed by atoms with Gasteiger partial charge in [0, 0.05) is 17.1 Å². The van der Waals surface area contributed by atoms with Crippen molar-refractivity contribution in [3.8, 4) is 5.75 Å². The molecule has 0 aliphatic rings. The van der Waals surface area contributed by atoms with Gasteiger partial charge in [-0.25, -0.2) is 0 Å². The summed E-state index contributed by atoms with van der Waals surface area (Å²) in [6.07, 6.45) is 0. The van der Waals surface area contributed by atoms with Crippen LogP contribution < -0.4 is 10.1 Å². The SMILES string of the molecule is CC(C)(C)NCc1ccc(COc2cccc(Cl)c2)cc1. The highest BCUT2D eigenvalue weighted by Crippen LogP contribution is 2.18. The Kier molecular flexibility index (Phi) is 5.27. The second kappa shape index (κ2) is 6.97. The van der Waals surface area contributed by atoms with Crippen molar-refractivity contribution >= 4 is 11.6 Å². The number of nitrogens with one attached hydrogen (secondary N) is 1. The Bertz CT molecular complexity index is 573. The van der Waals surface area contributed by atoms with Crippen LogP contribution in [0.15, 0.2) is 48.5 Å². The highest BCUT2D eigenvalue weighted by atomic mass is 35.5. The molecule has 0 fully saturated rings. The summed E-state index contributed by atoms with van der Waals surface area (Å²) in [5, 5.41) is 4.17. The lowest BCUT2D eigenvalue weighted by molar-refractivity contribution is 0.306. The van der Waals surface area contributed by atoms with E-state index in [0.29, 0.717) is 11.6 Å². The molecule has 0 atom stereocenters. The minimum atomic E-state index is 0.133. The molecule has 0 heterocycles. The van der Waals surface area contributed by atoms with Crippen molar-refractivity contribution in [2.45, 2.75) is 39.5 Å². The van der Waals surface area contributed by atoms with Gasteiger partial charge in [-0.3, -0.25) is 0 Å². The predicted molar refractivity (Wildman–Crippen MR) is 88.8 cm³/mol. The van der Waals surface area contributed by atoms with E-state index in [9.17, 15) is 0 Å². The van der Waals surface area contributed by atoms with Gasteiger partial charge in [-0.05, 0) is 50.1 Å². The first-order valence-corrected chi connectivity index (χ1v) is 7.51. The van der Waals surface area contributed by atoms with E-state index >= 15 is 0 Å². The monoisotopic (exact) mass is 303 g/mol. The Hall–Kier alpha value is -1.51. The van der Waals surface area contributed by atoms with E-state index in [1.54, 1.807) is 0 Å². The quantitative estimate of drug-likeness (QED) is 0.856. The molecule has 0 spiro atoms. The van der Waals surface area contributed by atoms with Gasteiger partial charge in [-0.15, -0.1) is 0 Å². The summed E-state index contributed by atoms with van der Waals surface area (Å²) < 4.78 is 5.73. The number of hydrogen-bond donors (Lipinski definition) is 1. The topological polar surface area (TPSA) is 21.3 Å². The maximum atomic E-state index is 5.93. The van der Waals surface area contributed by atoms with E-state index in [0.717, 1.165) is 17.9 Å². The molecule has 0 saturated heterocycles. The van der Waals surface area contributed by atoms with Crippen LogP contribution in [-0.4, -0.2) is 5.54 Å². The molecule has 2 rings (SSSR count). The Labute approximate surface area is 132 Å². The van der Waals surface area contributed by atoms with Crippen LogP contribution in [0.2, 0.25) is 5.02 Å². The first-order chi connectivity index (χ1) is 9.92. The van der Waals surface area contributed by atoms with E-state index < -0.39 is 0 Å². The largest absolute Gasteiger partial charge is 0.489 e. The molecule has 0 aliphatic heterocycles. The molecule has 112 valence electrons. The normalized spacial score (nSPS) is 11.4. The lowest BCUT2D eigenvalue weighted by Crippen LogP contribution is -2.35. The van der Waals surface area contributed by atoms with Crippen LogP contribution >= 0.6 is 11.6 Å². The van der Waals surface area contributed by atoms with Crippen LogP contribution in [0.25, 0.3) is 0 Å². The van der Waals surface area contributed by atoms with Crippen molar-refractivity contribution in [2.75, 3.05) is 0 Å². The van der Waals surface area contributed by atoms with Crippen LogP contribution in [-0.2, 0) is 13.2 Å². The number of benzene rings is 2. The van der Waals surface area contributed by atoms with Gasteiger partial charge in [0.1, 0.15) is 12.4 Å². The molecule has 2 nitrogen and oxygen atoms in total. The zero-order valence-electron chi connectivity index (χ0n) is 12.8. The van der Waals surface area contributed by atoms with Crippen LogP contribution in [0.1, 0.15) is 31.9 Å². The lowest BCUT2D eigenvalue weighted by Gasteiger charge is -2.20. The second-order valence-corrected chi connectivity index (χ2v) is 6.60. The van der Waals surface area contributed by atoms with Crippen molar-refractivity contribution in [3.63, 3.8) is 0 Å². The van der Waals surface area contributed by atoms with Crippen molar-refractivity contribution in [3.05, 3.63) is 64.7 Å². The molecule has 2 aromatic carbocycles. The Morgan fingerprint density at radius 1 is 1.00 bits per heavy atom. The molecule has 0 radical (unpaired) electrons. The smallest absolute Gasteiger partial charge is 0.121 e. The maximum absolute atomic E-state index is 5.93. The average molecular weight is 304 g/mol. The zero-order valence-corrected chi connectivity index (χ0v) is 13.6. The lowest BCUT2D eigenvalue weighted by atomic mass is 10.1. The molecule has 0 bridgehead atoms. The van der Waals surface area contributed by atoms with Crippen LogP contribution in [0.4, 0.5) is 0 Å².